The molecule has 0 aliphatic heterocycles. The summed E-state index contributed by atoms with van der Waals surface area (Å²) in [6, 6.07) is 3.02. The highest BCUT2D eigenvalue weighted by atomic mass is 16.2. The second-order valence-electron chi connectivity index (χ2n) is 3.55. The average Bonchev–Trinajstić information content (AvgIpc) is 2.29. The first-order chi connectivity index (χ1) is 8.15. The van der Waals surface area contributed by atoms with Gasteiger partial charge in [-0.2, -0.15) is 0 Å². The quantitative estimate of drug-likeness (QED) is 0.355. The maximum atomic E-state index is 11.5. The number of benzene rings is 1. The number of aromatic amines is 3. The van der Waals surface area contributed by atoms with E-state index in [1.807, 2.05) is 0 Å². The minimum Gasteiger partial charge on any atom is -0.316 e. The van der Waals surface area contributed by atoms with Gasteiger partial charge in [0, 0.05) is 0 Å². The molecule has 0 saturated carbocycles. The summed E-state index contributed by atoms with van der Waals surface area (Å²) in [7, 11) is 0. The molecule has 1 aromatic carbocycles. The van der Waals surface area contributed by atoms with Gasteiger partial charge in [-0.15, -0.1) is 0 Å². The Morgan fingerprint density at radius 1 is 0.882 bits per heavy atom. The molecule has 0 aliphatic carbocycles. The molecule has 0 spiro atoms. The normalized spacial score (nSPS) is 11.1. The Hall–Kier alpha value is -2.70. The zero-order chi connectivity index (χ0) is 12.0. The zero-order valence-electron chi connectivity index (χ0n) is 8.40. The van der Waals surface area contributed by atoms with E-state index in [0.29, 0.717) is 21.9 Å². The summed E-state index contributed by atoms with van der Waals surface area (Å²) in [6.07, 6.45) is 1.28. The Morgan fingerprint density at radius 2 is 1.53 bits per heavy atom. The van der Waals surface area contributed by atoms with Crippen LogP contribution in [0, 0.1) is 0 Å². The molecule has 2 aromatic heterocycles. The van der Waals surface area contributed by atoms with E-state index >= 15 is 0 Å². The first kappa shape index (κ1) is 9.52. The molecule has 3 rings (SSSR count). The summed E-state index contributed by atoms with van der Waals surface area (Å²) in [5.74, 6) is 0. The van der Waals surface area contributed by atoms with Crippen molar-refractivity contribution in [3.8, 4) is 0 Å². The van der Waals surface area contributed by atoms with Crippen molar-refractivity contribution >= 4 is 21.9 Å². The standard InChI is InChI=1S/C10H6N4O3/c15-8-4-1-6-7(2-5(4)11-3-12-8)14-10(17)9(16)13-6/h1-3H,(H,13,16)(H,14,17)(H,11,12,15). The van der Waals surface area contributed by atoms with Crippen LogP contribution in [0.25, 0.3) is 21.9 Å². The Kier molecular flexibility index (Phi) is 1.76. The van der Waals surface area contributed by atoms with Crippen molar-refractivity contribution in [2.45, 2.75) is 0 Å². The average molecular weight is 230 g/mol. The molecule has 7 nitrogen and oxygen atoms in total. The van der Waals surface area contributed by atoms with Crippen LogP contribution in [0.1, 0.15) is 0 Å². The molecule has 3 N–H and O–H groups in total. The Bertz CT molecular complexity index is 903. The number of hydrogen-bond acceptors (Lipinski definition) is 4. The second kappa shape index (κ2) is 3.14. The van der Waals surface area contributed by atoms with E-state index in [-0.39, 0.29) is 5.56 Å². The lowest BCUT2D eigenvalue weighted by Gasteiger charge is -1.99. The summed E-state index contributed by atoms with van der Waals surface area (Å²) in [5.41, 5.74) is -0.521. The molecule has 0 fully saturated rings. The number of nitrogens with one attached hydrogen (secondary N) is 3. The predicted molar refractivity (Wildman–Crippen MR) is 61.1 cm³/mol. The molecule has 0 atom stereocenters. The molecule has 0 unspecified atom stereocenters. The number of hydrogen-bond donors (Lipinski definition) is 3. The van der Waals surface area contributed by atoms with Crippen LogP contribution in [0.4, 0.5) is 0 Å². The van der Waals surface area contributed by atoms with Crippen molar-refractivity contribution in [1.82, 2.24) is 19.9 Å². The minimum atomic E-state index is -0.753. The van der Waals surface area contributed by atoms with Gasteiger partial charge in [-0.3, -0.25) is 14.4 Å². The third kappa shape index (κ3) is 1.36. The topological polar surface area (TPSA) is 111 Å². The first-order valence-corrected chi connectivity index (χ1v) is 4.79. The molecule has 2 heterocycles. The van der Waals surface area contributed by atoms with Gasteiger partial charge in [-0.1, -0.05) is 0 Å². The van der Waals surface area contributed by atoms with Crippen LogP contribution in [0.15, 0.2) is 32.8 Å². The van der Waals surface area contributed by atoms with Gasteiger partial charge in [0.2, 0.25) is 0 Å². The van der Waals surface area contributed by atoms with E-state index in [4.69, 9.17) is 0 Å². The lowest BCUT2D eigenvalue weighted by Crippen LogP contribution is -2.29. The lowest BCUT2D eigenvalue weighted by molar-refractivity contribution is 1.14. The molecule has 7 heteroatoms. The zero-order valence-corrected chi connectivity index (χ0v) is 8.40. The van der Waals surface area contributed by atoms with Gasteiger partial charge >= 0.3 is 11.1 Å². The maximum Gasteiger partial charge on any atom is 0.314 e. The van der Waals surface area contributed by atoms with Crippen molar-refractivity contribution < 1.29 is 0 Å². The Balaban J connectivity index is 2.62. The van der Waals surface area contributed by atoms with Crippen LogP contribution in [-0.4, -0.2) is 19.9 Å². The number of aromatic nitrogens is 4. The van der Waals surface area contributed by atoms with Crippen molar-refractivity contribution in [1.29, 1.82) is 0 Å². The summed E-state index contributed by atoms with van der Waals surface area (Å²) >= 11 is 0. The SMILES string of the molecule is O=c1[nH]c2cc3nc[nH]c(=O)c3cc2[nH]c1=O. The van der Waals surface area contributed by atoms with Crippen LogP contribution in [0.2, 0.25) is 0 Å². The van der Waals surface area contributed by atoms with Gasteiger partial charge in [0.25, 0.3) is 5.56 Å². The van der Waals surface area contributed by atoms with Crippen LogP contribution in [-0.2, 0) is 0 Å². The van der Waals surface area contributed by atoms with E-state index in [2.05, 4.69) is 19.9 Å². The van der Waals surface area contributed by atoms with E-state index in [9.17, 15) is 14.4 Å². The fraction of sp³-hybridized carbons (Fsp3) is 0. The van der Waals surface area contributed by atoms with Gasteiger partial charge in [0.15, 0.2) is 0 Å². The van der Waals surface area contributed by atoms with Crippen LogP contribution < -0.4 is 16.7 Å². The molecule has 84 valence electrons. The highest BCUT2D eigenvalue weighted by Crippen LogP contribution is 2.12. The molecule has 3 aromatic rings. The van der Waals surface area contributed by atoms with E-state index in [1.54, 1.807) is 0 Å². The van der Waals surface area contributed by atoms with Crippen molar-refractivity contribution in [3.63, 3.8) is 0 Å². The number of nitrogens with zero attached hydrogens (tertiary/aromatic N) is 1. The highest BCUT2D eigenvalue weighted by molar-refractivity contribution is 5.91. The lowest BCUT2D eigenvalue weighted by atomic mass is 10.2. The highest BCUT2D eigenvalue weighted by Gasteiger charge is 2.04. The molecule has 0 bridgehead atoms. The van der Waals surface area contributed by atoms with Crippen molar-refractivity contribution in [3.05, 3.63) is 49.5 Å². The molecule has 0 saturated heterocycles. The van der Waals surface area contributed by atoms with Gasteiger partial charge < -0.3 is 15.0 Å². The van der Waals surface area contributed by atoms with Gasteiger partial charge in [0.1, 0.15) is 0 Å². The van der Waals surface area contributed by atoms with Gasteiger partial charge in [-0.05, 0) is 12.1 Å². The van der Waals surface area contributed by atoms with Crippen molar-refractivity contribution in [2.75, 3.05) is 0 Å². The number of H-pyrrole nitrogens is 3. The molecule has 0 amide bonds. The fourth-order valence-corrected chi connectivity index (χ4v) is 1.68. The summed E-state index contributed by atoms with van der Waals surface area (Å²) in [6.45, 7) is 0. The van der Waals surface area contributed by atoms with Crippen LogP contribution >= 0.6 is 0 Å². The summed E-state index contributed by atoms with van der Waals surface area (Å²) in [5, 5.41) is 0.350. The fourth-order valence-electron chi connectivity index (χ4n) is 1.68. The van der Waals surface area contributed by atoms with Gasteiger partial charge in [0.05, 0.1) is 28.3 Å². The molecule has 17 heavy (non-hydrogen) atoms. The molecule has 0 aliphatic rings. The Labute approximate surface area is 92.2 Å². The summed E-state index contributed by atoms with van der Waals surface area (Å²) < 4.78 is 0. The minimum absolute atomic E-state index is 0.302. The third-order valence-corrected chi connectivity index (χ3v) is 2.48. The van der Waals surface area contributed by atoms with E-state index in [0.717, 1.165) is 0 Å². The van der Waals surface area contributed by atoms with E-state index in [1.165, 1.54) is 18.5 Å². The van der Waals surface area contributed by atoms with Crippen molar-refractivity contribution in [2.24, 2.45) is 0 Å². The smallest absolute Gasteiger partial charge is 0.314 e. The Morgan fingerprint density at radius 3 is 2.24 bits per heavy atom. The number of rotatable bonds is 0. The van der Waals surface area contributed by atoms with Crippen LogP contribution in [0.3, 0.4) is 0 Å². The third-order valence-electron chi connectivity index (χ3n) is 2.48. The predicted octanol–water partition coefficient (Wildman–Crippen LogP) is -0.547. The monoisotopic (exact) mass is 230 g/mol. The molecule has 0 radical (unpaired) electrons. The largest absolute Gasteiger partial charge is 0.316 e. The van der Waals surface area contributed by atoms with Crippen LogP contribution in [0.5, 0.6) is 0 Å². The van der Waals surface area contributed by atoms with E-state index < -0.39 is 11.1 Å². The summed E-state index contributed by atoms with van der Waals surface area (Å²) in [4.78, 5) is 45.0. The number of fused-ring (bicyclic) bond motifs is 2. The maximum absolute atomic E-state index is 11.5. The first-order valence-electron chi connectivity index (χ1n) is 4.79. The molecular formula is C10H6N4O3. The molecular weight excluding hydrogens is 224 g/mol. The second-order valence-corrected chi connectivity index (χ2v) is 3.55. The van der Waals surface area contributed by atoms with Gasteiger partial charge in [-0.25, -0.2) is 4.98 Å².